The average molecular weight is 222 g/mol. The van der Waals surface area contributed by atoms with Crippen molar-refractivity contribution in [2.24, 2.45) is 0 Å². The third-order valence-corrected chi connectivity index (χ3v) is 3.87. The average Bonchev–Trinajstić information content (AvgIpc) is 2.78. The molecule has 4 rings (SSSR count). The standard InChI is InChI=1S/C16H14O/c1-2-6-12-11(5-1)9-10-14-13-7-3-4-8-15(13)17-16(12)14/h3-4,7-10H,1-2,5-6H2. The molecule has 0 saturated carbocycles. The van der Waals surface area contributed by atoms with Gasteiger partial charge in [0.05, 0.1) is 0 Å². The van der Waals surface area contributed by atoms with Crippen molar-refractivity contribution >= 4 is 21.9 Å². The maximum atomic E-state index is 6.05. The molecule has 0 radical (unpaired) electrons. The van der Waals surface area contributed by atoms with Crippen LogP contribution in [0.25, 0.3) is 21.9 Å². The molecule has 0 fully saturated rings. The Morgan fingerprint density at radius 3 is 2.71 bits per heavy atom. The minimum atomic E-state index is 1.02. The second-order valence-electron chi connectivity index (χ2n) is 4.89. The van der Waals surface area contributed by atoms with E-state index in [0.717, 1.165) is 11.2 Å². The Balaban J connectivity index is 2.16. The SMILES string of the molecule is c1ccc2c(c1)oc1c3c(ccc12)CCCC3. The van der Waals surface area contributed by atoms with Crippen molar-refractivity contribution < 1.29 is 4.42 Å². The Labute approximate surface area is 100 Å². The lowest BCUT2D eigenvalue weighted by Gasteiger charge is -2.15. The fourth-order valence-electron chi connectivity index (χ4n) is 3.01. The molecule has 1 heterocycles. The van der Waals surface area contributed by atoms with E-state index in [9.17, 15) is 0 Å². The van der Waals surface area contributed by atoms with Crippen LogP contribution in [-0.2, 0) is 12.8 Å². The Morgan fingerprint density at radius 2 is 1.71 bits per heavy atom. The first-order valence-corrected chi connectivity index (χ1v) is 6.35. The van der Waals surface area contributed by atoms with Crippen LogP contribution in [0, 0.1) is 0 Å². The van der Waals surface area contributed by atoms with Crippen LogP contribution in [0.4, 0.5) is 0 Å². The molecule has 0 bridgehead atoms. The van der Waals surface area contributed by atoms with Crippen LogP contribution >= 0.6 is 0 Å². The number of hydrogen-bond acceptors (Lipinski definition) is 1. The van der Waals surface area contributed by atoms with Gasteiger partial charge in [0, 0.05) is 10.8 Å². The third-order valence-electron chi connectivity index (χ3n) is 3.87. The minimum absolute atomic E-state index is 1.02. The monoisotopic (exact) mass is 222 g/mol. The lowest BCUT2D eigenvalue weighted by Crippen LogP contribution is -2.02. The predicted octanol–water partition coefficient (Wildman–Crippen LogP) is 4.46. The van der Waals surface area contributed by atoms with Crippen molar-refractivity contribution in [2.45, 2.75) is 25.7 Å². The molecule has 0 spiro atoms. The maximum Gasteiger partial charge on any atom is 0.138 e. The highest BCUT2D eigenvalue weighted by Gasteiger charge is 2.16. The molecular weight excluding hydrogens is 208 g/mol. The van der Waals surface area contributed by atoms with E-state index in [1.807, 2.05) is 6.07 Å². The fourth-order valence-corrected chi connectivity index (χ4v) is 3.01. The van der Waals surface area contributed by atoms with E-state index in [1.54, 1.807) is 0 Å². The largest absolute Gasteiger partial charge is 0.456 e. The molecule has 0 atom stereocenters. The minimum Gasteiger partial charge on any atom is -0.456 e. The van der Waals surface area contributed by atoms with E-state index < -0.39 is 0 Å². The zero-order valence-corrected chi connectivity index (χ0v) is 9.70. The van der Waals surface area contributed by atoms with Crippen molar-refractivity contribution in [3.8, 4) is 0 Å². The van der Waals surface area contributed by atoms with Gasteiger partial charge in [-0.05, 0) is 42.9 Å². The van der Waals surface area contributed by atoms with Gasteiger partial charge in [-0.3, -0.25) is 0 Å². The Bertz CT molecular complexity index is 706. The molecule has 0 N–H and O–H groups in total. The first kappa shape index (κ1) is 9.29. The molecule has 0 saturated heterocycles. The van der Waals surface area contributed by atoms with Crippen molar-refractivity contribution in [3.05, 3.63) is 47.5 Å². The van der Waals surface area contributed by atoms with E-state index in [-0.39, 0.29) is 0 Å². The number of furan rings is 1. The van der Waals surface area contributed by atoms with Crippen LogP contribution in [-0.4, -0.2) is 0 Å². The number of benzene rings is 2. The van der Waals surface area contributed by atoms with Gasteiger partial charge in [-0.1, -0.05) is 30.3 Å². The number of para-hydroxylation sites is 1. The van der Waals surface area contributed by atoms with E-state index in [4.69, 9.17) is 4.42 Å². The van der Waals surface area contributed by atoms with Crippen LogP contribution in [0.5, 0.6) is 0 Å². The van der Waals surface area contributed by atoms with Crippen molar-refractivity contribution in [1.29, 1.82) is 0 Å². The summed E-state index contributed by atoms with van der Waals surface area (Å²) >= 11 is 0. The van der Waals surface area contributed by atoms with Gasteiger partial charge in [0.2, 0.25) is 0 Å². The molecule has 17 heavy (non-hydrogen) atoms. The summed E-state index contributed by atoms with van der Waals surface area (Å²) < 4.78 is 6.05. The number of aryl methyl sites for hydroxylation is 2. The van der Waals surface area contributed by atoms with Gasteiger partial charge in [-0.25, -0.2) is 0 Å². The molecule has 0 aliphatic heterocycles. The lowest BCUT2D eigenvalue weighted by molar-refractivity contribution is 0.637. The van der Waals surface area contributed by atoms with E-state index in [1.165, 1.54) is 47.6 Å². The lowest BCUT2D eigenvalue weighted by atomic mass is 9.90. The highest BCUT2D eigenvalue weighted by Crippen LogP contribution is 2.35. The summed E-state index contributed by atoms with van der Waals surface area (Å²) in [6, 6.07) is 12.8. The number of rotatable bonds is 0. The van der Waals surface area contributed by atoms with E-state index in [0.29, 0.717) is 0 Å². The summed E-state index contributed by atoms with van der Waals surface area (Å²) in [4.78, 5) is 0. The quantitative estimate of drug-likeness (QED) is 0.547. The van der Waals surface area contributed by atoms with Gasteiger partial charge in [0.15, 0.2) is 0 Å². The molecule has 1 aliphatic rings. The predicted molar refractivity (Wildman–Crippen MR) is 70.4 cm³/mol. The molecule has 1 heteroatoms. The van der Waals surface area contributed by atoms with Crippen LogP contribution in [0.3, 0.4) is 0 Å². The van der Waals surface area contributed by atoms with Gasteiger partial charge >= 0.3 is 0 Å². The number of hydrogen-bond donors (Lipinski definition) is 0. The molecule has 1 aliphatic carbocycles. The normalized spacial score (nSPS) is 15.3. The Kier molecular flexibility index (Phi) is 1.84. The van der Waals surface area contributed by atoms with Gasteiger partial charge in [0.1, 0.15) is 11.2 Å². The smallest absolute Gasteiger partial charge is 0.138 e. The van der Waals surface area contributed by atoms with Gasteiger partial charge in [-0.2, -0.15) is 0 Å². The summed E-state index contributed by atoms with van der Waals surface area (Å²) in [6.07, 6.45) is 5.00. The number of fused-ring (bicyclic) bond motifs is 5. The first-order chi connectivity index (χ1) is 8.43. The van der Waals surface area contributed by atoms with Crippen molar-refractivity contribution in [2.75, 3.05) is 0 Å². The van der Waals surface area contributed by atoms with Crippen LogP contribution in [0.15, 0.2) is 40.8 Å². The molecule has 2 aromatic carbocycles. The molecule has 1 aromatic heterocycles. The van der Waals surface area contributed by atoms with E-state index in [2.05, 4.69) is 30.3 Å². The second kappa shape index (κ2) is 3.36. The zero-order valence-electron chi connectivity index (χ0n) is 9.70. The van der Waals surface area contributed by atoms with Gasteiger partial charge in [0.25, 0.3) is 0 Å². The van der Waals surface area contributed by atoms with Gasteiger partial charge in [-0.15, -0.1) is 0 Å². The second-order valence-corrected chi connectivity index (χ2v) is 4.89. The van der Waals surface area contributed by atoms with E-state index >= 15 is 0 Å². The van der Waals surface area contributed by atoms with Crippen LogP contribution in [0.2, 0.25) is 0 Å². The summed E-state index contributed by atoms with van der Waals surface area (Å²) in [7, 11) is 0. The maximum absolute atomic E-state index is 6.05. The Hall–Kier alpha value is -1.76. The van der Waals surface area contributed by atoms with Crippen molar-refractivity contribution in [1.82, 2.24) is 0 Å². The van der Waals surface area contributed by atoms with Crippen molar-refractivity contribution in [3.63, 3.8) is 0 Å². The molecule has 84 valence electrons. The highest BCUT2D eigenvalue weighted by molar-refractivity contribution is 6.06. The molecular formula is C16H14O. The first-order valence-electron chi connectivity index (χ1n) is 6.35. The summed E-state index contributed by atoms with van der Waals surface area (Å²) in [5.74, 6) is 0. The van der Waals surface area contributed by atoms with Gasteiger partial charge < -0.3 is 4.42 Å². The molecule has 1 nitrogen and oxygen atoms in total. The highest BCUT2D eigenvalue weighted by atomic mass is 16.3. The van der Waals surface area contributed by atoms with Crippen LogP contribution in [0.1, 0.15) is 24.0 Å². The summed E-state index contributed by atoms with van der Waals surface area (Å²) in [5.41, 5.74) is 5.08. The Morgan fingerprint density at radius 1 is 0.824 bits per heavy atom. The third kappa shape index (κ3) is 1.25. The zero-order chi connectivity index (χ0) is 11.2. The van der Waals surface area contributed by atoms with Crippen LogP contribution < -0.4 is 0 Å². The molecule has 0 amide bonds. The summed E-state index contributed by atoms with van der Waals surface area (Å²) in [6.45, 7) is 0. The molecule has 0 unspecified atom stereocenters. The summed E-state index contributed by atoms with van der Waals surface area (Å²) in [5, 5.41) is 2.53. The fraction of sp³-hybridized carbons (Fsp3) is 0.250. The molecule has 3 aromatic rings. The topological polar surface area (TPSA) is 13.1 Å².